The van der Waals surface area contributed by atoms with E-state index in [0.717, 1.165) is 36.1 Å². The predicted octanol–water partition coefficient (Wildman–Crippen LogP) is 5.31. The molecule has 0 amide bonds. The van der Waals surface area contributed by atoms with Gasteiger partial charge < -0.3 is 14.6 Å². The van der Waals surface area contributed by atoms with Gasteiger partial charge in [0.25, 0.3) is 0 Å². The second-order valence-corrected chi connectivity index (χ2v) is 9.34. The molecule has 0 radical (unpaired) electrons. The zero-order valence-corrected chi connectivity index (χ0v) is 20.6. The molecule has 3 aromatic carbocycles. The number of ether oxygens (including phenoxy) is 2. The number of piperidine rings is 1. The molecule has 0 aliphatic carbocycles. The van der Waals surface area contributed by atoms with E-state index in [-0.39, 0.29) is 36.5 Å². The van der Waals surface area contributed by atoms with Gasteiger partial charge in [-0.15, -0.1) is 0 Å². The Morgan fingerprint density at radius 2 is 1.58 bits per heavy atom. The number of β-amino-alcohol motifs (C(OH)–C–C–N with tert-alkyl or cyclic N) is 1. The fourth-order valence-electron chi connectivity index (χ4n) is 4.90. The second kappa shape index (κ2) is 12.8. The van der Waals surface area contributed by atoms with Crippen LogP contribution in [0.15, 0.2) is 84.9 Å². The number of nitrogens with zero attached hydrogens (tertiary/aromatic N) is 1. The fourth-order valence-corrected chi connectivity index (χ4v) is 4.90. The van der Waals surface area contributed by atoms with Crippen LogP contribution in [0.1, 0.15) is 48.6 Å². The summed E-state index contributed by atoms with van der Waals surface area (Å²) < 4.78 is 25.1. The monoisotopic (exact) mass is 491 g/mol. The third-order valence-corrected chi connectivity index (χ3v) is 6.87. The van der Waals surface area contributed by atoms with Gasteiger partial charge in [-0.2, -0.15) is 0 Å². The van der Waals surface area contributed by atoms with Gasteiger partial charge in [0.2, 0.25) is 0 Å². The Morgan fingerprint density at radius 1 is 0.972 bits per heavy atom. The fraction of sp³-hybridized carbons (Fsp3) is 0.367. The van der Waals surface area contributed by atoms with Gasteiger partial charge in [-0.3, -0.25) is 9.69 Å². The van der Waals surface area contributed by atoms with Gasteiger partial charge >= 0.3 is 5.97 Å². The van der Waals surface area contributed by atoms with Crippen LogP contribution in [-0.4, -0.2) is 48.4 Å². The van der Waals surface area contributed by atoms with Crippen molar-refractivity contribution in [3.05, 3.63) is 107 Å². The van der Waals surface area contributed by atoms with Gasteiger partial charge in [-0.05, 0) is 54.1 Å². The van der Waals surface area contributed by atoms with E-state index in [1.165, 1.54) is 19.1 Å². The number of rotatable bonds is 10. The molecule has 0 saturated carbocycles. The lowest BCUT2D eigenvalue weighted by Gasteiger charge is -2.40. The third kappa shape index (κ3) is 7.00. The van der Waals surface area contributed by atoms with Crippen molar-refractivity contribution in [2.75, 3.05) is 26.3 Å². The zero-order chi connectivity index (χ0) is 25.3. The van der Waals surface area contributed by atoms with E-state index < -0.39 is 6.10 Å². The summed E-state index contributed by atoms with van der Waals surface area (Å²) in [5, 5.41) is 11.0. The number of esters is 1. The molecule has 5 nitrogen and oxygen atoms in total. The standard InChI is InChI=1S/C30H34FNO4/c1-22(33)36-21-28(23-12-14-27(31)15-13-23)32-18-16-24(29(34)20-32)17-19-35-30(25-8-4-2-5-9-25)26-10-6-3-7-11-26/h2-15,24,28-30,34H,16-21H2,1H3/t24-,28+,29+/m1/s1. The van der Waals surface area contributed by atoms with Crippen molar-refractivity contribution in [2.45, 2.75) is 38.0 Å². The smallest absolute Gasteiger partial charge is 0.302 e. The van der Waals surface area contributed by atoms with Crippen LogP contribution in [0.5, 0.6) is 0 Å². The van der Waals surface area contributed by atoms with E-state index in [2.05, 4.69) is 29.2 Å². The van der Waals surface area contributed by atoms with Crippen molar-refractivity contribution in [3.8, 4) is 0 Å². The molecule has 0 bridgehead atoms. The maximum atomic E-state index is 13.5. The number of carbonyl (C=O) groups excluding carboxylic acids is 1. The van der Waals surface area contributed by atoms with Crippen LogP contribution in [0, 0.1) is 11.7 Å². The summed E-state index contributed by atoms with van der Waals surface area (Å²) in [4.78, 5) is 13.6. The molecule has 3 aromatic rings. The first-order valence-electron chi connectivity index (χ1n) is 12.5. The Morgan fingerprint density at radius 3 is 2.14 bits per heavy atom. The summed E-state index contributed by atoms with van der Waals surface area (Å²) in [7, 11) is 0. The zero-order valence-electron chi connectivity index (χ0n) is 20.6. The van der Waals surface area contributed by atoms with Gasteiger partial charge in [0, 0.05) is 20.1 Å². The van der Waals surface area contributed by atoms with Crippen molar-refractivity contribution < 1.29 is 23.8 Å². The van der Waals surface area contributed by atoms with Crippen LogP contribution in [0.4, 0.5) is 4.39 Å². The molecule has 1 aliphatic heterocycles. The summed E-state index contributed by atoms with van der Waals surface area (Å²) in [6, 6.07) is 26.4. The number of aliphatic hydroxyl groups excluding tert-OH is 1. The summed E-state index contributed by atoms with van der Waals surface area (Å²) in [5.74, 6) is -0.565. The molecule has 0 aromatic heterocycles. The minimum absolute atomic E-state index is 0.107. The minimum atomic E-state index is -0.533. The first kappa shape index (κ1) is 26.0. The summed E-state index contributed by atoms with van der Waals surface area (Å²) in [6.45, 7) is 3.27. The number of hydrogen-bond donors (Lipinski definition) is 1. The summed E-state index contributed by atoms with van der Waals surface area (Å²) in [5.41, 5.74) is 3.07. The lowest BCUT2D eigenvalue weighted by molar-refractivity contribution is -0.143. The third-order valence-electron chi connectivity index (χ3n) is 6.87. The molecule has 1 heterocycles. The maximum absolute atomic E-state index is 13.5. The average Bonchev–Trinajstić information content (AvgIpc) is 2.89. The van der Waals surface area contributed by atoms with Gasteiger partial charge in [0.1, 0.15) is 18.5 Å². The molecule has 36 heavy (non-hydrogen) atoms. The summed E-state index contributed by atoms with van der Waals surface area (Å²) in [6.07, 6.45) is 0.853. The molecule has 3 atom stereocenters. The van der Waals surface area contributed by atoms with Crippen molar-refractivity contribution in [1.29, 1.82) is 0 Å². The average molecular weight is 492 g/mol. The van der Waals surface area contributed by atoms with E-state index in [0.29, 0.717) is 13.2 Å². The van der Waals surface area contributed by atoms with E-state index in [4.69, 9.17) is 9.47 Å². The van der Waals surface area contributed by atoms with Crippen LogP contribution >= 0.6 is 0 Å². The van der Waals surface area contributed by atoms with Crippen LogP contribution in [0.2, 0.25) is 0 Å². The minimum Gasteiger partial charge on any atom is -0.464 e. The topological polar surface area (TPSA) is 59.0 Å². The number of hydrogen-bond acceptors (Lipinski definition) is 5. The molecule has 1 fully saturated rings. The quantitative estimate of drug-likeness (QED) is 0.390. The molecule has 4 rings (SSSR count). The number of halogens is 1. The number of aliphatic hydroxyl groups is 1. The molecular weight excluding hydrogens is 457 g/mol. The normalized spacial score (nSPS) is 19.2. The highest BCUT2D eigenvalue weighted by atomic mass is 19.1. The molecule has 1 aliphatic rings. The van der Waals surface area contributed by atoms with Crippen molar-refractivity contribution in [1.82, 2.24) is 4.90 Å². The maximum Gasteiger partial charge on any atom is 0.302 e. The van der Waals surface area contributed by atoms with Gasteiger partial charge in [0.15, 0.2) is 0 Å². The van der Waals surface area contributed by atoms with Crippen LogP contribution in [-0.2, 0) is 14.3 Å². The SMILES string of the molecule is CC(=O)OC[C@@H](c1ccc(F)cc1)N1CC[C@H](CCOC(c2ccccc2)c2ccccc2)[C@@H](O)C1. The molecule has 0 spiro atoms. The first-order valence-corrected chi connectivity index (χ1v) is 12.5. The van der Waals surface area contributed by atoms with Crippen LogP contribution < -0.4 is 0 Å². The first-order chi connectivity index (χ1) is 17.5. The van der Waals surface area contributed by atoms with Crippen molar-refractivity contribution in [3.63, 3.8) is 0 Å². The van der Waals surface area contributed by atoms with Gasteiger partial charge in [-0.1, -0.05) is 72.8 Å². The van der Waals surface area contributed by atoms with E-state index in [1.807, 2.05) is 36.4 Å². The number of carbonyl (C=O) groups is 1. The Hall–Kier alpha value is -3.06. The highest BCUT2D eigenvalue weighted by molar-refractivity contribution is 5.65. The number of likely N-dealkylation sites (tertiary alicyclic amines) is 1. The van der Waals surface area contributed by atoms with E-state index in [1.54, 1.807) is 12.1 Å². The second-order valence-electron chi connectivity index (χ2n) is 9.34. The van der Waals surface area contributed by atoms with E-state index in [9.17, 15) is 14.3 Å². The molecule has 6 heteroatoms. The Labute approximate surface area is 212 Å². The molecular formula is C30H34FNO4. The molecule has 0 unspecified atom stereocenters. The van der Waals surface area contributed by atoms with Gasteiger partial charge in [0.05, 0.1) is 12.1 Å². The molecule has 1 saturated heterocycles. The van der Waals surface area contributed by atoms with Crippen LogP contribution in [0.25, 0.3) is 0 Å². The lowest BCUT2D eigenvalue weighted by Crippen LogP contribution is -2.46. The van der Waals surface area contributed by atoms with Crippen LogP contribution in [0.3, 0.4) is 0 Å². The van der Waals surface area contributed by atoms with Crippen molar-refractivity contribution in [2.24, 2.45) is 5.92 Å². The highest BCUT2D eigenvalue weighted by Crippen LogP contribution is 2.31. The van der Waals surface area contributed by atoms with Crippen molar-refractivity contribution >= 4 is 5.97 Å². The lowest BCUT2D eigenvalue weighted by atomic mass is 9.89. The largest absolute Gasteiger partial charge is 0.464 e. The predicted molar refractivity (Wildman–Crippen MR) is 137 cm³/mol. The highest BCUT2D eigenvalue weighted by Gasteiger charge is 2.32. The Kier molecular flexibility index (Phi) is 9.23. The van der Waals surface area contributed by atoms with Gasteiger partial charge in [-0.25, -0.2) is 4.39 Å². The molecule has 1 N–H and O–H groups in total. The molecule has 190 valence electrons. The summed E-state index contributed by atoms with van der Waals surface area (Å²) >= 11 is 0. The van der Waals surface area contributed by atoms with E-state index >= 15 is 0 Å². The Balaban J connectivity index is 1.36. The Bertz CT molecular complexity index is 1040. The number of benzene rings is 3.